The lowest BCUT2D eigenvalue weighted by Gasteiger charge is -2.67. The molecule has 3 saturated carbocycles. The number of Topliss-reactive ketones (excluding diaryl/α,β-unsaturated/α-hetero) is 1. The largest absolute Gasteiger partial charge is 0.482 e. The summed E-state index contributed by atoms with van der Waals surface area (Å²) in [6.07, 6.45) is 4.73. The predicted molar refractivity (Wildman–Crippen MR) is 279 cm³/mol. The molecule has 3 aromatic carbocycles. The van der Waals surface area contributed by atoms with Crippen LogP contribution in [0.15, 0.2) is 89.6 Å². The van der Waals surface area contributed by atoms with E-state index >= 15 is 4.79 Å². The van der Waals surface area contributed by atoms with Crippen molar-refractivity contribution in [1.29, 1.82) is 0 Å². The minimum Gasteiger partial charge on any atom is -0.482 e. The predicted octanol–water partition coefficient (Wildman–Crippen LogP) is 7.58. The number of nitrogens with zero attached hydrogens (tertiary/aromatic N) is 2. The molecule has 17 nitrogen and oxygen atoms in total. The van der Waals surface area contributed by atoms with Crippen LogP contribution in [-0.4, -0.2) is 115 Å². The van der Waals surface area contributed by atoms with Gasteiger partial charge in [-0.25, -0.2) is 14.6 Å². The molecule has 17 heteroatoms. The van der Waals surface area contributed by atoms with Crippen LogP contribution in [0, 0.1) is 17.8 Å². The fraction of sp³-hybridized carbons (Fsp3) is 0.492. The maximum absolute atomic E-state index is 16.0. The molecule has 76 heavy (non-hydrogen) atoms. The van der Waals surface area contributed by atoms with Gasteiger partial charge >= 0.3 is 11.9 Å². The molecule has 2 saturated heterocycles. The van der Waals surface area contributed by atoms with Gasteiger partial charge in [0.1, 0.15) is 47.3 Å². The van der Waals surface area contributed by atoms with Gasteiger partial charge in [-0.2, -0.15) is 0 Å². The first-order valence-electron chi connectivity index (χ1n) is 26.3. The average molecular weight is 1040 g/mol. The summed E-state index contributed by atoms with van der Waals surface area (Å²) in [5, 5.41) is 45.0. The van der Waals surface area contributed by atoms with Crippen LogP contribution in [0.5, 0.6) is 23.0 Å². The number of esters is 2. The normalized spacial score (nSPS) is 32.9. The van der Waals surface area contributed by atoms with Crippen LogP contribution in [0.3, 0.4) is 0 Å². The maximum atomic E-state index is 16.0. The van der Waals surface area contributed by atoms with Crippen LogP contribution in [0.25, 0.3) is 17.1 Å². The molecule has 5 N–H and O–H groups in total. The number of carbonyl (C=O) groups is 3. The van der Waals surface area contributed by atoms with E-state index in [-0.39, 0.29) is 35.2 Å². The number of aliphatic hydroxyl groups excluding tert-OH is 4. The Labute approximate surface area is 441 Å². The van der Waals surface area contributed by atoms with Crippen molar-refractivity contribution in [1.82, 2.24) is 9.55 Å². The molecule has 1 aromatic heterocycles. The van der Waals surface area contributed by atoms with Crippen molar-refractivity contribution in [2.75, 3.05) is 19.0 Å². The van der Waals surface area contributed by atoms with Crippen LogP contribution >= 0.6 is 0 Å². The van der Waals surface area contributed by atoms with Crippen LogP contribution in [-0.2, 0) is 30.2 Å². The summed E-state index contributed by atoms with van der Waals surface area (Å²) in [6, 6.07) is 12.6. The number of anilines is 1. The molecular formula is C59H67N3O14. The summed E-state index contributed by atoms with van der Waals surface area (Å²) in [7, 11) is 1.33. The van der Waals surface area contributed by atoms with Gasteiger partial charge in [-0.05, 0) is 130 Å². The van der Waals surface area contributed by atoms with Gasteiger partial charge in [-0.1, -0.05) is 41.5 Å². The van der Waals surface area contributed by atoms with Crippen molar-refractivity contribution >= 4 is 40.8 Å². The molecule has 0 radical (unpaired) electrons. The Bertz CT molecular complexity index is 3160. The number of rotatable bonds is 13. The Kier molecular flexibility index (Phi) is 12.7. The molecule has 8 unspecified atom stereocenters. The van der Waals surface area contributed by atoms with Gasteiger partial charge in [-0.15, -0.1) is 0 Å². The zero-order chi connectivity index (χ0) is 54.0. The van der Waals surface area contributed by atoms with Crippen molar-refractivity contribution in [2.24, 2.45) is 17.8 Å². The fourth-order valence-corrected chi connectivity index (χ4v) is 13.5. The second kappa shape index (κ2) is 18.7. The second-order valence-corrected chi connectivity index (χ2v) is 22.8. The monoisotopic (exact) mass is 1040 g/mol. The highest BCUT2D eigenvalue weighted by Gasteiger charge is 2.86. The number of hydrogen-bond acceptors (Lipinski definition) is 16. The van der Waals surface area contributed by atoms with E-state index in [1.54, 1.807) is 13.0 Å². The number of aromatic nitrogens is 2. The third-order valence-corrected chi connectivity index (χ3v) is 17.0. The van der Waals surface area contributed by atoms with E-state index < -0.39 is 95.6 Å². The van der Waals surface area contributed by atoms with Crippen LogP contribution in [0.2, 0.25) is 0 Å². The summed E-state index contributed by atoms with van der Waals surface area (Å²) >= 11 is 0. The van der Waals surface area contributed by atoms with Crippen LogP contribution < -0.4 is 24.3 Å². The zero-order valence-corrected chi connectivity index (χ0v) is 44.3. The molecular weight excluding hydrogens is 975 g/mol. The van der Waals surface area contributed by atoms with E-state index in [0.717, 1.165) is 23.0 Å². The summed E-state index contributed by atoms with van der Waals surface area (Å²) in [5.41, 5.74) is 1.40. The fourth-order valence-electron chi connectivity index (χ4n) is 13.5. The first-order chi connectivity index (χ1) is 36.2. The Hall–Kier alpha value is -6.34. The number of benzene rings is 3. The lowest BCUT2D eigenvalue weighted by Crippen LogP contribution is -2.79. The lowest BCUT2D eigenvalue weighted by molar-refractivity contribution is -0.277. The number of methoxy groups -OCH3 is 1. The molecule has 1 spiro atoms. The molecule has 4 bridgehead atoms. The van der Waals surface area contributed by atoms with E-state index in [9.17, 15) is 30.0 Å². The van der Waals surface area contributed by atoms with Crippen LogP contribution in [0.4, 0.5) is 5.95 Å². The second-order valence-electron chi connectivity index (χ2n) is 22.8. The highest BCUT2D eigenvalue weighted by atomic mass is 16.7. The van der Waals surface area contributed by atoms with Gasteiger partial charge in [0.05, 0.1) is 59.1 Å². The van der Waals surface area contributed by atoms with E-state index in [1.165, 1.54) is 36.9 Å². The standard InChI is InChI=1S/C59H67N3O14/c1-29(2)13-12-24-57(8)25-23-35-48(74-57)34(21-16-30(3)4)50-41(49(35)73-53(69)32-17-19-33(20-18-32)71-54-47(66)46(65)45(64)39(28-63)72-54)43-42-44(62-38-15-11-10-14-37(38)60-55(62)61-43)36-27-40-56(6,7)76-58(51(36)67,59(40,42)75-50)26-22-31(5)52(68)70-9/h10-11,13-20,22-23,25,36,39-40,42-47,54,63-66H,12,21,24,26-28H2,1-9H3,(H,60,61)/b31-22-/t36?,39-,40?,42?,43?,44?,45-,46+,47-,54-,57?,58?,59?/m1/s1. The lowest BCUT2D eigenvalue weighted by atomic mass is 9.44. The minimum absolute atomic E-state index is 0.0276. The smallest absolute Gasteiger partial charge is 0.343 e. The van der Waals surface area contributed by atoms with Crippen molar-refractivity contribution in [3.63, 3.8) is 0 Å². The first-order valence-corrected chi connectivity index (χ1v) is 26.3. The number of allylic oxidation sites excluding steroid dienone is 4. The van der Waals surface area contributed by atoms with Crippen molar-refractivity contribution < 1.29 is 68.0 Å². The van der Waals surface area contributed by atoms with Gasteiger partial charge in [0.15, 0.2) is 22.7 Å². The van der Waals surface area contributed by atoms with Crippen molar-refractivity contribution in [3.05, 3.63) is 112 Å². The summed E-state index contributed by atoms with van der Waals surface area (Å²) < 4.78 is 48.1. The Morgan fingerprint density at radius 2 is 1.66 bits per heavy atom. The number of ether oxygens (including phenoxy) is 7. The quantitative estimate of drug-likeness (QED) is 0.0376. The van der Waals surface area contributed by atoms with Gasteiger partial charge in [0.2, 0.25) is 12.2 Å². The molecule has 13 atom stereocenters. The van der Waals surface area contributed by atoms with Gasteiger partial charge < -0.3 is 63.5 Å². The summed E-state index contributed by atoms with van der Waals surface area (Å²) in [5.74, 6) is -1.04. The van der Waals surface area contributed by atoms with E-state index in [4.69, 9.17) is 38.1 Å². The number of nitrogens with one attached hydrogen (secondary N) is 1. The number of hydrogen-bond donors (Lipinski definition) is 5. The Morgan fingerprint density at radius 3 is 2.37 bits per heavy atom. The summed E-state index contributed by atoms with van der Waals surface area (Å²) in [6.45, 7) is 15.3. The average Bonchev–Trinajstić information content (AvgIpc) is 2.73. The molecule has 402 valence electrons. The number of para-hydroxylation sites is 2. The molecule has 0 amide bonds. The van der Waals surface area contributed by atoms with Gasteiger partial charge in [0, 0.05) is 35.3 Å². The number of carbonyl (C=O) groups excluding carboxylic acids is 3. The molecule has 12 rings (SSSR count). The number of imidazole rings is 1. The van der Waals surface area contributed by atoms with Gasteiger partial charge in [-0.3, -0.25) is 4.79 Å². The third kappa shape index (κ3) is 7.85. The van der Waals surface area contributed by atoms with E-state index in [1.807, 2.05) is 71.0 Å². The molecule has 5 aliphatic heterocycles. The highest BCUT2D eigenvalue weighted by molar-refractivity contribution is 5.98. The molecule has 4 aromatic rings. The molecule has 8 aliphatic rings. The SMILES string of the molecule is COC(=O)/C(C)=C\CC12OC(C)(C)C3CC(C1=O)C1C4C(Nc5nc6ccccc6n51)c1c(OC(=O)c5ccc(O[C@@H]6O[C@H](CO)[C@@H](O)[C@H](O)[C@H]6O)cc5)c5c(c(CC=C(C)C)c1OC432)OC(C)(CCC=C(C)C)C=C5. The number of fused-ring (bicyclic) bond motifs is 6. The maximum Gasteiger partial charge on any atom is 0.343 e. The summed E-state index contributed by atoms with van der Waals surface area (Å²) in [4.78, 5) is 49.2. The minimum atomic E-state index is -1.65. The third-order valence-electron chi connectivity index (χ3n) is 17.0. The van der Waals surface area contributed by atoms with Crippen molar-refractivity contribution in [3.8, 4) is 23.0 Å². The molecule has 3 aliphatic carbocycles. The zero-order valence-electron chi connectivity index (χ0n) is 44.3. The molecule has 5 fully saturated rings. The molecule has 6 heterocycles. The van der Waals surface area contributed by atoms with E-state index in [0.29, 0.717) is 59.0 Å². The Balaban J connectivity index is 1.12. The Morgan fingerprint density at radius 1 is 0.921 bits per heavy atom. The topological polar surface area (TPSA) is 227 Å². The van der Waals surface area contributed by atoms with Gasteiger partial charge in [0.25, 0.3) is 0 Å². The van der Waals surface area contributed by atoms with E-state index in [2.05, 4.69) is 35.9 Å². The number of ketones is 1. The highest BCUT2D eigenvalue weighted by Crippen LogP contribution is 2.76. The number of aliphatic hydroxyl groups is 4. The van der Waals surface area contributed by atoms with Crippen LogP contribution in [0.1, 0.15) is 120 Å². The first kappa shape index (κ1) is 51.8. The van der Waals surface area contributed by atoms with Crippen molar-refractivity contribution in [2.45, 2.75) is 153 Å².